The largest absolute Gasteiger partial charge is 0.497 e. The van der Waals surface area contributed by atoms with Crippen LogP contribution in [0.15, 0.2) is 54.7 Å². The molecule has 3 aromatic rings. The minimum atomic E-state index is -0.243. The van der Waals surface area contributed by atoms with Crippen molar-refractivity contribution in [3.05, 3.63) is 80.8 Å². The first-order valence-electron chi connectivity index (χ1n) is 8.06. The van der Waals surface area contributed by atoms with Crippen molar-refractivity contribution in [2.75, 3.05) is 12.4 Å². The predicted octanol–water partition coefficient (Wildman–Crippen LogP) is 5.70. The Hall–Kier alpha value is -2.34. The Kier molecular flexibility index (Phi) is 6.50. The van der Waals surface area contributed by atoms with E-state index in [1.54, 1.807) is 25.4 Å². The molecule has 7 heteroatoms. The van der Waals surface area contributed by atoms with Crippen molar-refractivity contribution in [1.29, 1.82) is 0 Å². The molecule has 0 saturated carbocycles. The Morgan fingerprint density at radius 1 is 1.22 bits per heavy atom. The van der Waals surface area contributed by atoms with E-state index in [9.17, 15) is 4.79 Å². The molecule has 0 aliphatic rings. The first-order valence-corrected chi connectivity index (χ1v) is 9.63. The molecule has 2 aromatic carbocycles. The highest BCUT2D eigenvalue weighted by Gasteiger charge is 2.09. The highest BCUT2D eigenvalue weighted by atomic mass is 35.5. The van der Waals surface area contributed by atoms with Crippen LogP contribution in [0.1, 0.15) is 16.0 Å². The summed E-state index contributed by atoms with van der Waals surface area (Å²) in [5.41, 5.74) is 1.83. The number of nitrogens with one attached hydrogen (secondary N) is 1. The van der Waals surface area contributed by atoms with Gasteiger partial charge in [0.2, 0.25) is 5.91 Å². The lowest BCUT2D eigenvalue weighted by Crippen LogP contribution is -2.07. The number of halogens is 2. The van der Waals surface area contributed by atoms with E-state index >= 15 is 0 Å². The third kappa shape index (κ3) is 5.32. The number of methoxy groups -OCH3 is 1. The van der Waals surface area contributed by atoms with E-state index in [4.69, 9.17) is 27.9 Å². The number of benzene rings is 2. The molecule has 4 nitrogen and oxygen atoms in total. The van der Waals surface area contributed by atoms with Gasteiger partial charge in [0.25, 0.3) is 0 Å². The lowest BCUT2D eigenvalue weighted by atomic mass is 10.1. The molecule has 1 N–H and O–H groups in total. The van der Waals surface area contributed by atoms with E-state index in [1.165, 1.54) is 17.4 Å². The van der Waals surface area contributed by atoms with Crippen molar-refractivity contribution < 1.29 is 9.53 Å². The number of aromatic nitrogens is 1. The van der Waals surface area contributed by atoms with Crippen LogP contribution in [-0.4, -0.2) is 18.0 Å². The maximum absolute atomic E-state index is 12.1. The summed E-state index contributed by atoms with van der Waals surface area (Å²) in [6.07, 6.45) is 5.53. The average molecular weight is 419 g/mol. The molecule has 0 saturated heterocycles. The molecule has 0 spiro atoms. The fraction of sp³-hybridized carbons (Fsp3) is 0.100. The van der Waals surface area contributed by atoms with Crippen LogP contribution in [0.4, 0.5) is 5.13 Å². The van der Waals surface area contributed by atoms with E-state index in [-0.39, 0.29) is 5.91 Å². The molecule has 3 rings (SSSR count). The van der Waals surface area contributed by atoms with Gasteiger partial charge in [-0.25, -0.2) is 4.98 Å². The predicted molar refractivity (Wildman–Crippen MR) is 112 cm³/mol. The number of thiazole rings is 1. The van der Waals surface area contributed by atoms with E-state index in [0.717, 1.165) is 21.8 Å². The quantitative estimate of drug-likeness (QED) is 0.522. The smallest absolute Gasteiger partial charge is 0.250 e. The van der Waals surface area contributed by atoms with Gasteiger partial charge in [-0.1, -0.05) is 47.5 Å². The Labute approximate surface area is 171 Å². The van der Waals surface area contributed by atoms with Gasteiger partial charge in [0.15, 0.2) is 5.13 Å². The summed E-state index contributed by atoms with van der Waals surface area (Å²) in [4.78, 5) is 17.3. The van der Waals surface area contributed by atoms with Crippen LogP contribution in [0.3, 0.4) is 0 Å². The van der Waals surface area contributed by atoms with Crippen LogP contribution >= 0.6 is 34.5 Å². The lowest BCUT2D eigenvalue weighted by Gasteiger charge is -2.03. The van der Waals surface area contributed by atoms with E-state index in [1.807, 2.05) is 36.4 Å². The standard InChI is InChI=1S/C20H16Cl2N2O2S/c1-26-15-8-5-13(6-9-15)7-10-18(25)24-20-23-12-16(27-20)11-14-3-2-4-17(21)19(14)22/h2-10,12H,11H2,1H3,(H,23,24,25)/b10-7+. The van der Waals surface area contributed by atoms with Crippen LogP contribution in [0, 0.1) is 0 Å². The van der Waals surface area contributed by atoms with Crippen molar-refractivity contribution in [2.45, 2.75) is 6.42 Å². The molecule has 0 aliphatic carbocycles. The number of hydrogen-bond acceptors (Lipinski definition) is 4. The number of rotatable bonds is 6. The van der Waals surface area contributed by atoms with Gasteiger partial charge in [0.05, 0.1) is 17.2 Å². The summed E-state index contributed by atoms with van der Waals surface area (Å²) in [6, 6.07) is 13.0. The van der Waals surface area contributed by atoms with Crippen molar-refractivity contribution in [3.8, 4) is 5.75 Å². The van der Waals surface area contributed by atoms with Crippen LogP contribution in [-0.2, 0) is 11.2 Å². The molecule has 0 fully saturated rings. The molecule has 1 amide bonds. The molecular weight excluding hydrogens is 403 g/mol. The normalized spacial score (nSPS) is 10.9. The third-order valence-electron chi connectivity index (χ3n) is 3.72. The molecule has 0 aliphatic heterocycles. The zero-order valence-electron chi connectivity index (χ0n) is 14.4. The van der Waals surface area contributed by atoms with Crippen LogP contribution in [0.2, 0.25) is 10.0 Å². The first-order chi connectivity index (χ1) is 13.0. The monoisotopic (exact) mass is 418 g/mol. The highest BCUT2D eigenvalue weighted by molar-refractivity contribution is 7.15. The van der Waals surface area contributed by atoms with Crippen molar-refractivity contribution in [2.24, 2.45) is 0 Å². The lowest BCUT2D eigenvalue weighted by molar-refractivity contribution is -0.111. The Balaban J connectivity index is 1.60. The van der Waals surface area contributed by atoms with Crippen molar-refractivity contribution in [1.82, 2.24) is 4.98 Å². The minimum absolute atomic E-state index is 0.243. The summed E-state index contributed by atoms with van der Waals surface area (Å²) >= 11 is 13.7. The topological polar surface area (TPSA) is 51.2 Å². The van der Waals surface area contributed by atoms with Gasteiger partial charge in [0, 0.05) is 23.6 Å². The molecule has 27 heavy (non-hydrogen) atoms. The van der Waals surface area contributed by atoms with E-state index in [2.05, 4.69) is 10.3 Å². The first kappa shape index (κ1) is 19.4. The number of nitrogens with zero attached hydrogens (tertiary/aromatic N) is 1. The number of amides is 1. The van der Waals surface area contributed by atoms with Gasteiger partial charge in [-0.05, 0) is 35.4 Å². The Bertz CT molecular complexity index is 968. The SMILES string of the molecule is COc1ccc(/C=C/C(=O)Nc2ncc(Cc3cccc(Cl)c3Cl)s2)cc1. The summed E-state index contributed by atoms with van der Waals surface area (Å²) in [6.45, 7) is 0. The second kappa shape index (κ2) is 9.04. The number of carbonyl (C=O) groups excluding carboxylic acids is 1. The molecule has 1 aromatic heterocycles. The average Bonchev–Trinajstić information content (AvgIpc) is 3.11. The van der Waals surface area contributed by atoms with Crippen molar-refractivity contribution >= 4 is 51.7 Å². The fourth-order valence-electron chi connectivity index (χ4n) is 2.35. The Morgan fingerprint density at radius 2 is 2.00 bits per heavy atom. The molecule has 138 valence electrons. The van der Waals surface area contributed by atoms with Crippen LogP contribution < -0.4 is 10.1 Å². The number of anilines is 1. The highest BCUT2D eigenvalue weighted by Crippen LogP contribution is 2.29. The van der Waals surface area contributed by atoms with E-state index in [0.29, 0.717) is 21.6 Å². The molecule has 0 radical (unpaired) electrons. The zero-order chi connectivity index (χ0) is 19.2. The summed E-state index contributed by atoms with van der Waals surface area (Å²) in [7, 11) is 1.61. The maximum atomic E-state index is 12.1. The second-order valence-corrected chi connectivity index (χ2v) is 7.52. The van der Waals surface area contributed by atoms with Crippen LogP contribution in [0.25, 0.3) is 6.08 Å². The van der Waals surface area contributed by atoms with Gasteiger partial charge in [-0.3, -0.25) is 10.1 Å². The summed E-state index contributed by atoms with van der Waals surface area (Å²) in [5, 5.41) is 4.37. The van der Waals surface area contributed by atoms with Gasteiger partial charge in [-0.2, -0.15) is 0 Å². The summed E-state index contributed by atoms with van der Waals surface area (Å²) in [5.74, 6) is 0.527. The van der Waals surface area contributed by atoms with Crippen molar-refractivity contribution in [3.63, 3.8) is 0 Å². The number of hydrogen-bond donors (Lipinski definition) is 1. The molecule has 0 unspecified atom stereocenters. The van der Waals surface area contributed by atoms with Gasteiger partial charge in [0.1, 0.15) is 5.75 Å². The third-order valence-corrected chi connectivity index (χ3v) is 5.49. The molecule has 0 bridgehead atoms. The van der Waals surface area contributed by atoms with E-state index < -0.39 is 0 Å². The summed E-state index contributed by atoms with van der Waals surface area (Å²) < 4.78 is 5.11. The Morgan fingerprint density at radius 3 is 2.74 bits per heavy atom. The van der Waals surface area contributed by atoms with Gasteiger partial charge >= 0.3 is 0 Å². The number of ether oxygens (including phenoxy) is 1. The van der Waals surface area contributed by atoms with Gasteiger partial charge in [-0.15, -0.1) is 11.3 Å². The van der Waals surface area contributed by atoms with Crippen LogP contribution in [0.5, 0.6) is 5.75 Å². The molecule has 0 atom stereocenters. The molecular formula is C20H16Cl2N2O2S. The minimum Gasteiger partial charge on any atom is -0.497 e. The zero-order valence-corrected chi connectivity index (χ0v) is 16.7. The molecule has 1 heterocycles. The second-order valence-electron chi connectivity index (χ2n) is 5.62. The number of carbonyl (C=O) groups is 1. The fourth-order valence-corrected chi connectivity index (χ4v) is 3.58. The van der Waals surface area contributed by atoms with Gasteiger partial charge < -0.3 is 4.74 Å². The maximum Gasteiger partial charge on any atom is 0.250 e.